The molecule has 0 fully saturated rings. The lowest BCUT2D eigenvalue weighted by molar-refractivity contribution is -0.136. The van der Waals surface area contributed by atoms with Crippen LogP contribution in [-0.4, -0.2) is 47.4 Å². The second-order valence-electron chi connectivity index (χ2n) is 8.33. The Morgan fingerprint density at radius 3 is 2.48 bits per heavy atom. The molecule has 5 nitrogen and oxygen atoms in total. The van der Waals surface area contributed by atoms with E-state index in [9.17, 15) is 9.59 Å². The fourth-order valence-corrected chi connectivity index (χ4v) is 5.13. The van der Waals surface area contributed by atoms with Crippen LogP contribution in [0.2, 0.25) is 0 Å². The molecule has 0 saturated heterocycles. The topological polar surface area (TPSA) is 49.9 Å². The molecule has 6 heteroatoms. The van der Waals surface area contributed by atoms with E-state index in [1.807, 2.05) is 67.3 Å². The van der Waals surface area contributed by atoms with Crippen LogP contribution in [0, 0.1) is 0 Å². The van der Waals surface area contributed by atoms with Crippen molar-refractivity contribution in [1.29, 1.82) is 0 Å². The number of rotatable bonds is 8. The van der Waals surface area contributed by atoms with Crippen LogP contribution in [0.15, 0.2) is 72.1 Å². The van der Waals surface area contributed by atoms with E-state index in [0.29, 0.717) is 18.7 Å². The van der Waals surface area contributed by atoms with Crippen LogP contribution < -0.4 is 4.74 Å². The van der Waals surface area contributed by atoms with Crippen LogP contribution in [0.3, 0.4) is 0 Å². The predicted molar refractivity (Wildman–Crippen MR) is 132 cm³/mol. The number of hydrogen-bond acceptors (Lipinski definition) is 4. The monoisotopic (exact) mass is 462 g/mol. The first kappa shape index (κ1) is 23.1. The van der Waals surface area contributed by atoms with Gasteiger partial charge in [0.15, 0.2) is 0 Å². The third-order valence-corrected chi connectivity index (χ3v) is 7.27. The molecule has 172 valence electrons. The van der Waals surface area contributed by atoms with E-state index in [2.05, 4.69) is 11.4 Å². The molecule has 4 rings (SSSR count). The van der Waals surface area contributed by atoms with Crippen molar-refractivity contribution in [3.63, 3.8) is 0 Å². The van der Waals surface area contributed by atoms with Crippen molar-refractivity contribution in [2.75, 3.05) is 19.7 Å². The minimum absolute atomic E-state index is 0.0397. The Labute approximate surface area is 199 Å². The summed E-state index contributed by atoms with van der Waals surface area (Å²) in [4.78, 5) is 31.7. The number of carbonyl (C=O) groups is 2. The van der Waals surface area contributed by atoms with Crippen molar-refractivity contribution in [2.45, 2.75) is 38.8 Å². The lowest BCUT2D eigenvalue weighted by Crippen LogP contribution is -2.49. The van der Waals surface area contributed by atoms with E-state index < -0.39 is 0 Å². The zero-order chi connectivity index (χ0) is 23.2. The van der Waals surface area contributed by atoms with Crippen LogP contribution in [-0.2, 0) is 11.2 Å². The normalized spacial score (nSPS) is 16.1. The molecular formula is C27H30N2O3S. The Hall–Kier alpha value is -3.12. The molecule has 2 atom stereocenters. The molecule has 0 aliphatic carbocycles. The van der Waals surface area contributed by atoms with Crippen molar-refractivity contribution >= 4 is 23.2 Å². The van der Waals surface area contributed by atoms with Gasteiger partial charge in [0, 0.05) is 23.0 Å². The first-order chi connectivity index (χ1) is 16.1. The summed E-state index contributed by atoms with van der Waals surface area (Å²) >= 11 is 1.73. The molecule has 0 radical (unpaired) electrons. The van der Waals surface area contributed by atoms with Gasteiger partial charge in [-0.3, -0.25) is 9.59 Å². The number of amides is 2. The fourth-order valence-electron chi connectivity index (χ4n) is 4.20. The summed E-state index contributed by atoms with van der Waals surface area (Å²) in [6.45, 7) is 5.11. The number of ether oxygens (including phenoxy) is 1. The second-order valence-corrected chi connectivity index (χ2v) is 9.33. The largest absolute Gasteiger partial charge is 0.491 e. The maximum Gasteiger partial charge on any atom is 0.254 e. The molecule has 0 bridgehead atoms. The van der Waals surface area contributed by atoms with Gasteiger partial charge in [0.2, 0.25) is 5.91 Å². The van der Waals surface area contributed by atoms with Gasteiger partial charge in [-0.05, 0) is 61.0 Å². The highest BCUT2D eigenvalue weighted by Gasteiger charge is 2.34. The summed E-state index contributed by atoms with van der Waals surface area (Å²) in [7, 11) is 0. The molecule has 0 N–H and O–H groups in total. The summed E-state index contributed by atoms with van der Waals surface area (Å²) in [6, 6.07) is 20.8. The highest BCUT2D eigenvalue weighted by Crippen LogP contribution is 2.34. The van der Waals surface area contributed by atoms with E-state index in [-0.39, 0.29) is 30.4 Å². The quantitative estimate of drug-likeness (QED) is 0.463. The zero-order valence-corrected chi connectivity index (χ0v) is 20.0. The fraction of sp³-hybridized carbons (Fsp3) is 0.333. The Balaban J connectivity index is 1.54. The van der Waals surface area contributed by atoms with Crippen LogP contribution in [0.4, 0.5) is 0 Å². The average Bonchev–Trinajstić information content (AvgIpc) is 3.35. The summed E-state index contributed by atoms with van der Waals surface area (Å²) in [5.74, 6) is 0.634. The zero-order valence-electron chi connectivity index (χ0n) is 19.1. The highest BCUT2D eigenvalue weighted by molar-refractivity contribution is 7.10. The van der Waals surface area contributed by atoms with Crippen molar-refractivity contribution in [1.82, 2.24) is 9.80 Å². The van der Waals surface area contributed by atoms with Gasteiger partial charge in [-0.2, -0.15) is 0 Å². The van der Waals surface area contributed by atoms with Crippen LogP contribution >= 0.6 is 11.3 Å². The number of para-hydroxylation sites is 1. The maximum atomic E-state index is 13.6. The van der Waals surface area contributed by atoms with Crippen LogP contribution in [0.1, 0.15) is 47.1 Å². The number of thiophene rings is 1. The smallest absolute Gasteiger partial charge is 0.254 e. The van der Waals surface area contributed by atoms with Crippen molar-refractivity contribution in [2.24, 2.45) is 0 Å². The third-order valence-electron chi connectivity index (χ3n) is 6.28. The summed E-state index contributed by atoms with van der Waals surface area (Å²) < 4.78 is 6.07. The van der Waals surface area contributed by atoms with Crippen molar-refractivity contribution in [3.8, 4) is 5.75 Å². The van der Waals surface area contributed by atoms with E-state index in [1.54, 1.807) is 28.4 Å². The number of hydrogen-bond donors (Lipinski definition) is 0. The molecule has 3 aromatic rings. The molecule has 2 amide bonds. The number of benzene rings is 2. The molecule has 1 aromatic heterocycles. The molecule has 0 saturated carbocycles. The van der Waals surface area contributed by atoms with Gasteiger partial charge in [0.25, 0.3) is 5.91 Å². The molecular weight excluding hydrogens is 432 g/mol. The Bertz CT molecular complexity index is 1070. The van der Waals surface area contributed by atoms with Crippen molar-refractivity contribution < 1.29 is 14.3 Å². The number of fused-ring (bicyclic) bond motifs is 1. The Morgan fingerprint density at radius 1 is 1.09 bits per heavy atom. The van der Waals surface area contributed by atoms with E-state index in [1.165, 1.54) is 4.88 Å². The van der Waals surface area contributed by atoms with Gasteiger partial charge in [-0.15, -0.1) is 11.3 Å². The average molecular weight is 463 g/mol. The number of nitrogens with zero attached hydrogens (tertiary/aromatic N) is 2. The lowest BCUT2D eigenvalue weighted by Gasteiger charge is -2.38. The molecule has 2 aromatic carbocycles. The summed E-state index contributed by atoms with van der Waals surface area (Å²) in [6.07, 6.45) is 1.61. The van der Waals surface area contributed by atoms with Crippen LogP contribution in [0.25, 0.3) is 0 Å². The second kappa shape index (κ2) is 10.7. The first-order valence-corrected chi connectivity index (χ1v) is 12.4. The molecule has 2 heterocycles. The minimum Gasteiger partial charge on any atom is -0.491 e. The SMILES string of the molecule is CCC(C)N(CC(=O)N1CCc2sccc2C1COc1ccccc1)C(=O)c1ccccc1. The molecule has 0 spiro atoms. The van der Waals surface area contributed by atoms with Gasteiger partial charge < -0.3 is 14.5 Å². The molecule has 1 aliphatic heterocycles. The molecule has 33 heavy (non-hydrogen) atoms. The van der Waals surface area contributed by atoms with E-state index in [0.717, 1.165) is 24.2 Å². The summed E-state index contributed by atoms with van der Waals surface area (Å²) in [5, 5.41) is 2.08. The molecule has 2 unspecified atom stereocenters. The van der Waals surface area contributed by atoms with Gasteiger partial charge in [0.05, 0.1) is 6.04 Å². The standard InChI is InChI=1S/C27H30N2O3S/c1-3-20(2)29(27(31)21-10-6-4-7-11-21)18-26(30)28-16-14-25-23(15-17-33-25)24(28)19-32-22-12-8-5-9-13-22/h4-13,15,17,20,24H,3,14,16,18-19H2,1-2H3. The third kappa shape index (κ3) is 5.28. The van der Waals surface area contributed by atoms with E-state index in [4.69, 9.17) is 4.74 Å². The van der Waals surface area contributed by atoms with Gasteiger partial charge in [-0.1, -0.05) is 43.3 Å². The predicted octanol–water partition coefficient (Wildman–Crippen LogP) is 5.19. The highest BCUT2D eigenvalue weighted by atomic mass is 32.1. The number of carbonyl (C=O) groups excluding carboxylic acids is 2. The Kier molecular flexibility index (Phi) is 7.45. The Morgan fingerprint density at radius 2 is 1.79 bits per heavy atom. The van der Waals surface area contributed by atoms with Gasteiger partial charge in [-0.25, -0.2) is 0 Å². The van der Waals surface area contributed by atoms with Gasteiger partial charge >= 0.3 is 0 Å². The maximum absolute atomic E-state index is 13.6. The first-order valence-electron chi connectivity index (χ1n) is 11.5. The minimum atomic E-state index is -0.168. The van der Waals surface area contributed by atoms with E-state index >= 15 is 0 Å². The summed E-state index contributed by atoms with van der Waals surface area (Å²) in [5.41, 5.74) is 1.76. The van der Waals surface area contributed by atoms with Crippen LogP contribution in [0.5, 0.6) is 5.75 Å². The van der Waals surface area contributed by atoms with Crippen molar-refractivity contribution in [3.05, 3.63) is 88.1 Å². The lowest BCUT2D eigenvalue weighted by atomic mass is 10.00. The van der Waals surface area contributed by atoms with Gasteiger partial charge in [0.1, 0.15) is 18.9 Å². The molecule has 1 aliphatic rings.